The highest BCUT2D eigenvalue weighted by Crippen LogP contribution is 2.21. The van der Waals surface area contributed by atoms with Gasteiger partial charge in [-0.2, -0.15) is 5.10 Å². The minimum absolute atomic E-state index is 0.740. The summed E-state index contributed by atoms with van der Waals surface area (Å²) in [5.74, 6) is 0.740. The zero-order valence-electron chi connectivity index (χ0n) is 13.2. The Balaban J connectivity index is 1.83. The summed E-state index contributed by atoms with van der Waals surface area (Å²) >= 11 is 1.51. The van der Waals surface area contributed by atoms with Crippen molar-refractivity contribution in [2.24, 2.45) is 10.1 Å². The lowest BCUT2D eigenvalue weighted by Crippen LogP contribution is -2.11. The number of aromatic nitrogens is 2. The molecule has 0 saturated heterocycles. The molecule has 25 heavy (non-hydrogen) atoms. The molecule has 0 aliphatic carbocycles. The second kappa shape index (κ2) is 7.11. The molecule has 0 saturated carbocycles. The van der Waals surface area contributed by atoms with Gasteiger partial charge < -0.3 is 4.42 Å². The van der Waals surface area contributed by atoms with Gasteiger partial charge in [-0.3, -0.25) is 4.98 Å². The Bertz CT molecular complexity index is 1030. The van der Waals surface area contributed by atoms with Crippen molar-refractivity contribution in [2.45, 2.75) is 0 Å². The fraction of sp³-hybridized carbons (Fsp3) is 0. The van der Waals surface area contributed by atoms with Crippen LogP contribution in [0.2, 0.25) is 0 Å². The predicted octanol–water partition coefficient (Wildman–Crippen LogP) is 4.32. The van der Waals surface area contributed by atoms with Crippen molar-refractivity contribution >= 4 is 23.2 Å². The number of pyridine rings is 1. The first-order chi connectivity index (χ1) is 12.4. The first kappa shape index (κ1) is 15.3. The summed E-state index contributed by atoms with van der Waals surface area (Å²) in [6, 6.07) is 19.3. The highest BCUT2D eigenvalue weighted by molar-refractivity contribution is 7.07. The number of nitrogens with zero attached hydrogens (tertiary/aromatic N) is 4. The summed E-state index contributed by atoms with van der Waals surface area (Å²) in [6.07, 6.45) is 5.10. The van der Waals surface area contributed by atoms with Crippen molar-refractivity contribution in [3.63, 3.8) is 0 Å². The van der Waals surface area contributed by atoms with Crippen molar-refractivity contribution in [1.82, 2.24) is 9.66 Å². The van der Waals surface area contributed by atoms with Gasteiger partial charge in [0.15, 0.2) is 5.76 Å². The molecular formula is C19H14N4OS. The van der Waals surface area contributed by atoms with Gasteiger partial charge in [-0.05, 0) is 36.4 Å². The number of rotatable bonds is 4. The molecule has 0 atom stereocenters. The fourth-order valence-electron chi connectivity index (χ4n) is 2.27. The molecular weight excluding hydrogens is 332 g/mol. The molecule has 5 nitrogen and oxygen atoms in total. The van der Waals surface area contributed by atoms with Gasteiger partial charge in [0.1, 0.15) is 5.69 Å². The molecule has 0 radical (unpaired) electrons. The van der Waals surface area contributed by atoms with Crippen LogP contribution >= 0.6 is 11.3 Å². The number of benzene rings is 1. The molecule has 4 rings (SSSR count). The number of hydrogen-bond acceptors (Lipinski definition) is 5. The summed E-state index contributed by atoms with van der Waals surface area (Å²) in [5, 5.41) is 6.56. The third kappa shape index (κ3) is 3.49. The van der Waals surface area contributed by atoms with E-state index >= 15 is 0 Å². The third-order valence-electron chi connectivity index (χ3n) is 3.43. The van der Waals surface area contributed by atoms with Crippen molar-refractivity contribution < 1.29 is 4.42 Å². The molecule has 0 fully saturated rings. The Morgan fingerprint density at radius 3 is 2.64 bits per heavy atom. The molecule has 0 unspecified atom stereocenters. The summed E-state index contributed by atoms with van der Waals surface area (Å²) in [4.78, 5) is 9.71. The number of para-hydroxylation sites is 1. The third-order valence-corrected chi connectivity index (χ3v) is 4.25. The molecule has 0 spiro atoms. The van der Waals surface area contributed by atoms with Crippen molar-refractivity contribution in [3.8, 4) is 11.5 Å². The maximum atomic E-state index is 5.53. The Hall–Kier alpha value is -3.25. The summed E-state index contributed by atoms with van der Waals surface area (Å²) in [7, 11) is 0. The molecule has 4 aromatic rings. The molecule has 1 aromatic carbocycles. The van der Waals surface area contributed by atoms with Crippen LogP contribution in [0.5, 0.6) is 0 Å². The van der Waals surface area contributed by atoms with Crippen LogP contribution in [0, 0.1) is 0 Å². The first-order valence-corrected chi connectivity index (χ1v) is 8.58. The maximum absolute atomic E-state index is 5.53. The summed E-state index contributed by atoms with van der Waals surface area (Å²) < 4.78 is 7.30. The van der Waals surface area contributed by atoms with Crippen molar-refractivity contribution in [2.75, 3.05) is 0 Å². The Morgan fingerprint density at radius 2 is 1.88 bits per heavy atom. The second-order valence-electron chi connectivity index (χ2n) is 5.14. The van der Waals surface area contributed by atoms with E-state index in [-0.39, 0.29) is 0 Å². The molecule has 3 aromatic heterocycles. The van der Waals surface area contributed by atoms with E-state index in [1.807, 2.05) is 66.0 Å². The Labute approximate surface area is 148 Å². The van der Waals surface area contributed by atoms with Gasteiger partial charge in [0, 0.05) is 11.6 Å². The van der Waals surface area contributed by atoms with E-state index < -0.39 is 0 Å². The average molecular weight is 346 g/mol. The van der Waals surface area contributed by atoms with Crippen LogP contribution in [0.15, 0.2) is 93.0 Å². The van der Waals surface area contributed by atoms with Crippen LogP contribution in [0.1, 0.15) is 5.69 Å². The SMILES string of the molecule is C(=Nn1c(-c2ccco2)csc1=Nc1ccccc1)c1ccccn1. The van der Waals surface area contributed by atoms with E-state index in [2.05, 4.69) is 15.1 Å². The Kier molecular flexibility index (Phi) is 4.35. The number of thiazole rings is 1. The van der Waals surface area contributed by atoms with Crippen LogP contribution in [0.3, 0.4) is 0 Å². The normalized spacial score (nSPS) is 12.1. The second-order valence-corrected chi connectivity index (χ2v) is 5.98. The van der Waals surface area contributed by atoms with Crippen LogP contribution < -0.4 is 4.80 Å². The molecule has 0 aliphatic heterocycles. The highest BCUT2D eigenvalue weighted by Gasteiger charge is 2.09. The van der Waals surface area contributed by atoms with Crippen LogP contribution in [-0.2, 0) is 0 Å². The topological polar surface area (TPSA) is 55.7 Å². The minimum Gasteiger partial charge on any atom is -0.463 e. The van der Waals surface area contributed by atoms with Gasteiger partial charge in [0.25, 0.3) is 0 Å². The lowest BCUT2D eigenvalue weighted by atomic mass is 10.3. The van der Waals surface area contributed by atoms with E-state index in [1.54, 1.807) is 23.4 Å². The lowest BCUT2D eigenvalue weighted by Gasteiger charge is -2.00. The van der Waals surface area contributed by atoms with Gasteiger partial charge in [-0.15, -0.1) is 11.3 Å². The van der Waals surface area contributed by atoms with E-state index in [4.69, 9.17) is 4.42 Å². The molecule has 0 amide bonds. The Morgan fingerprint density at radius 1 is 1.00 bits per heavy atom. The number of hydrogen-bond donors (Lipinski definition) is 0. The van der Waals surface area contributed by atoms with E-state index in [9.17, 15) is 0 Å². The van der Waals surface area contributed by atoms with E-state index in [0.717, 1.165) is 27.6 Å². The van der Waals surface area contributed by atoms with Crippen molar-refractivity contribution in [1.29, 1.82) is 0 Å². The standard InChI is InChI=1S/C19H14N4OS/c1-2-7-15(8-3-1)22-19-23(21-13-16-9-4-5-11-20-16)17(14-25-19)18-10-6-12-24-18/h1-14H. The zero-order chi connectivity index (χ0) is 16.9. The van der Waals surface area contributed by atoms with Gasteiger partial charge in [-0.1, -0.05) is 24.3 Å². The minimum atomic E-state index is 0.740. The molecule has 122 valence electrons. The predicted molar refractivity (Wildman–Crippen MR) is 98.9 cm³/mol. The van der Waals surface area contributed by atoms with E-state index in [1.165, 1.54) is 11.3 Å². The van der Waals surface area contributed by atoms with Gasteiger partial charge in [0.05, 0.1) is 23.9 Å². The van der Waals surface area contributed by atoms with E-state index in [0.29, 0.717) is 0 Å². The van der Waals surface area contributed by atoms with Crippen LogP contribution in [0.4, 0.5) is 5.69 Å². The average Bonchev–Trinajstić information content (AvgIpc) is 3.31. The van der Waals surface area contributed by atoms with Gasteiger partial charge in [-0.25, -0.2) is 9.67 Å². The number of furan rings is 1. The molecule has 3 heterocycles. The molecule has 6 heteroatoms. The molecule has 0 aliphatic rings. The van der Waals surface area contributed by atoms with Crippen molar-refractivity contribution in [3.05, 3.63) is 89.0 Å². The zero-order valence-corrected chi connectivity index (χ0v) is 14.0. The summed E-state index contributed by atoms with van der Waals surface area (Å²) in [5.41, 5.74) is 2.49. The first-order valence-electron chi connectivity index (χ1n) is 7.70. The monoisotopic (exact) mass is 346 g/mol. The molecule has 0 N–H and O–H groups in total. The van der Waals surface area contributed by atoms with Gasteiger partial charge >= 0.3 is 0 Å². The van der Waals surface area contributed by atoms with Crippen LogP contribution in [0.25, 0.3) is 11.5 Å². The lowest BCUT2D eigenvalue weighted by molar-refractivity contribution is 0.575. The van der Waals surface area contributed by atoms with Crippen LogP contribution in [-0.4, -0.2) is 15.9 Å². The molecule has 0 bridgehead atoms. The largest absolute Gasteiger partial charge is 0.463 e. The highest BCUT2D eigenvalue weighted by atomic mass is 32.1. The summed E-state index contributed by atoms with van der Waals surface area (Å²) in [6.45, 7) is 0. The smallest absolute Gasteiger partial charge is 0.211 e. The quantitative estimate of drug-likeness (QED) is 0.517. The van der Waals surface area contributed by atoms with Gasteiger partial charge in [0.2, 0.25) is 4.80 Å². The maximum Gasteiger partial charge on any atom is 0.211 e. The fourth-order valence-corrected chi connectivity index (χ4v) is 3.10.